The number of hydrogen-bond donors (Lipinski definition) is 3. The highest BCUT2D eigenvalue weighted by Gasteiger charge is 2.42. The quantitative estimate of drug-likeness (QED) is 0.319. The highest BCUT2D eigenvalue weighted by atomic mass is 16.3. The molecule has 0 unspecified atom stereocenters. The number of pyridine rings is 1. The van der Waals surface area contributed by atoms with E-state index in [9.17, 15) is 10.2 Å². The fourth-order valence-corrected chi connectivity index (χ4v) is 5.82. The zero-order valence-electron chi connectivity index (χ0n) is 20.8. The van der Waals surface area contributed by atoms with E-state index in [1.54, 1.807) is 6.33 Å². The van der Waals surface area contributed by atoms with Crippen LogP contribution in [-0.2, 0) is 12.8 Å². The van der Waals surface area contributed by atoms with Crippen molar-refractivity contribution in [3.63, 3.8) is 0 Å². The van der Waals surface area contributed by atoms with Crippen molar-refractivity contribution >= 4 is 27.8 Å². The summed E-state index contributed by atoms with van der Waals surface area (Å²) in [5.74, 6) is 1.73. The van der Waals surface area contributed by atoms with Gasteiger partial charge in [0, 0.05) is 23.8 Å². The highest BCUT2D eigenvalue weighted by molar-refractivity contribution is 5.87. The van der Waals surface area contributed by atoms with E-state index in [1.807, 2.05) is 23.8 Å². The van der Waals surface area contributed by atoms with Gasteiger partial charge in [0.05, 0.1) is 23.0 Å². The van der Waals surface area contributed by atoms with Gasteiger partial charge in [-0.3, -0.25) is 4.98 Å². The summed E-state index contributed by atoms with van der Waals surface area (Å²) >= 11 is 0. The molecule has 0 radical (unpaired) electrons. The predicted octanol–water partition coefficient (Wildman–Crippen LogP) is 4.67. The number of benzene rings is 1. The van der Waals surface area contributed by atoms with Crippen molar-refractivity contribution in [2.45, 2.75) is 70.1 Å². The number of anilines is 1. The highest BCUT2D eigenvalue weighted by Crippen LogP contribution is 2.40. The lowest BCUT2D eigenvalue weighted by Gasteiger charge is -2.19. The molecule has 2 aliphatic rings. The van der Waals surface area contributed by atoms with Crippen molar-refractivity contribution in [2.75, 3.05) is 11.9 Å². The van der Waals surface area contributed by atoms with Gasteiger partial charge in [-0.05, 0) is 74.6 Å². The van der Waals surface area contributed by atoms with Gasteiger partial charge in [0.15, 0.2) is 0 Å². The Morgan fingerprint density at radius 3 is 2.69 bits per heavy atom. The van der Waals surface area contributed by atoms with E-state index in [4.69, 9.17) is 4.98 Å². The average Bonchev–Trinajstić information content (AvgIpc) is 3.57. The van der Waals surface area contributed by atoms with E-state index in [0.717, 1.165) is 54.1 Å². The van der Waals surface area contributed by atoms with E-state index in [2.05, 4.69) is 45.6 Å². The van der Waals surface area contributed by atoms with Crippen LogP contribution in [0.25, 0.3) is 21.9 Å². The fraction of sp³-hybridized carbons (Fsp3) is 0.483. The second-order valence-corrected chi connectivity index (χ2v) is 10.6. The number of hydrogen-bond acceptors (Lipinski definition) is 6. The fourth-order valence-electron chi connectivity index (χ4n) is 5.82. The third kappa shape index (κ3) is 4.58. The number of fused-ring (bicyclic) bond motifs is 2. The SMILES string of the molecule is CCNc1ncnc2c1ccn2[C@@H]1C[C@H](CCc2ccc3ccc(CCC4CC4)nc3c2)[C@@H](O)[C@H]1O. The van der Waals surface area contributed by atoms with Crippen LogP contribution in [0.4, 0.5) is 5.82 Å². The van der Waals surface area contributed by atoms with Crippen molar-refractivity contribution in [1.82, 2.24) is 19.5 Å². The maximum atomic E-state index is 11.0. The zero-order chi connectivity index (χ0) is 24.6. The molecule has 0 amide bonds. The Kier molecular flexibility index (Phi) is 6.36. The maximum absolute atomic E-state index is 11.0. The lowest BCUT2D eigenvalue weighted by Crippen LogP contribution is -2.29. The number of rotatable bonds is 9. The van der Waals surface area contributed by atoms with Crippen LogP contribution in [-0.4, -0.2) is 48.5 Å². The third-order valence-electron chi connectivity index (χ3n) is 8.11. The third-order valence-corrected chi connectivity index (χ3v) is 8.11. The molecule has 0 bridgehead atoms. The summed E-state index contributed by atoms with van der Waals surface area (Å²) in [4.78, 5) is 13.8. The molecule has 0 spiro atoms. The lowest BCUT2D eigenvalue weighted by atomic mass is 9.95. The summed E-state index contributed by atoms with van der Waals surface area (Å²) in [6, 6.07) is 12.6. The molecule has 2 saturated carbocycles. The van der Waals surface area contributed by atoms with E-state index < -0.39 is 12.2 Å². The molecule has 188 valence electrons. The number of nitrogens with zero attached hydrogens (tertiary/aromatic N) is 4. The first kappa shape index (κ1) is 23.4. The predicted molar refractivity (Wildman–Crippen MR) is 142 cm³/mol. The monoisotopic (exact) mass is 485 g/mol. The van der Waals surface area contributed by atoms with Crippen LogP contribution in [0, 0.1) is 11.8 Å². The van der Waals surface area contributed by atoms with Crippen LogP contribution < -0.4 is 5.32 Å². The normalized spacial score (nSPS) is 24.1. The van der Waals surface area contributed by atoms with Gasteiger partial charge in [0.2, 0.25) is 0 Å². The zero-order valence-corrected chi connectivity index (χ0v) is 20.8. The molecule has 3 aromatic heterocycles. The molecule has 7 nitrogen and oxygen atoms in total. The van der Waals surface area contributed by atoms with Crippen molar-refractivity contribution in [3.05, 3.63) is 60.2 Å². The van der Waals surface area contributed by atoms with E-state index >= 15 is 0 Å². The van der Waals surface area contributed by atoms with Gasteiger partial charge < -0.3 is 20.1 Å². The Hall–Kier alpha value is -3.03. The van der Waals surface area contributed by atoms with Crippen LogP contribution in [0.2, 0.25) is 0 Å². The lowest BCUT2D eigenvalue weighted by molar-refractivity contribution is 0.00545. The molecule has 2 fully saturated rings. The molecule has 4 atom stereocenters. The van der Waals surface area contributed by atoms with E-state index in [1.165, 1.54) is 35.9 Å². The molecule has 3 heterocycles. The van der Waals surface area contributed by atoms with Gasteiger partial charge in [-0.25, -0.2) is 9.97 Å². The van der Waals surface area contributed by atoms with E-state index in [0.29, 0.717) is 6.42 Å². The Morgan fingerprint density at radius 1 is 1.00 bits per heavy atom. The average molecular weight is 486 g/mol. The summed E-state index contributed by atoms with van der Waals surface area (Å²) in [6.45, 7) is 2.81. The molecule has 1 aromatic carbocycles. The van der Waals surface area contributed by atoms with Crippen molar-refractivity contribution in [2.24, 2.45) is 11.8 Å². The first-order valence-electron chi connectivity index (χ1n) is 13.4. The molecule has 0 aliphatic heterocycles. The minimum Gasteiger partial charge on any atom is -0.390 e. The molecule has 7 heteroatoms. The topological polar surface area (TPSA) is 96.1 Å². The standard InChI is InChI=1S/C29H35N5O2/c1-2-30-28-23-13-14-34(29(23)32-17-31-28)25-16-21(26(35)27(25)36)9-6-19-5-8-20-10-12-22(33-24(20)15-19)11-7-18-3-4-18/h5,8,10,12-15,17-18,21,25-27,35-36H,2-4,6-7,9,11,16H2,1H3,(H,30,31,32)/t21-,25+,26+,27-/m0/s1. The van der Waals surface area contributed by atoms with Crippen molar-refractivity contribution in [3.8, 4) is 0 Å². The van der Waals surface area contributed by atoms with Gasteiger partial charge in [0.25, 0.3) is 0 Å². The largest absolute Gasteiger partial charge is 0.390 e. The minimum absolute atomic E-state index is 0.0195. The van der Waals surface area contributed by atoms with Crippen LogP contribution in [0.1, 0.15) is 56.3 Å². The smallest absolute Gasteiger partial charge is 0.145 e. The van der Waals surface area contributed by atoms with Crippen molar-refractivity contribution < 1.29 is 10.2 Å². The summed E-state index contributed by atoms with van der Waals surface area (Å²) < 4.78 is 2.01. The molecule has 0 saturated heterocycles. The Morgan fingerprint density at radius 2 is 1.86 bits per heavy atom. The van der Waals surface area contributed by atoms with Gasteiger partial charge in [-0.1, -0.05) is 31.0 Å². The molecule has 6 rings (SSSR count). The molecule has 4 aromatic rings. The summed E-state index contributed by atoms with van der Waals surface area (Å²) in [7, 11) is 0. The number of aromatic nitrogens is 4. The van der Waals surface area contributed by atoms with Gasteiger partial charge in [-0.15, -0.1) is 0 Å². The van der Waals surface area contributed by atoms with Crippen LogP contribution >= 0.6 is 0 Å². The second-order valence-electron chi connectivity index (χ2n) is 10.6. The minimum atomic E-state index is -0.824. The molecule has 2 aliphatic carbocycles. The number of aliphatic hydroxyl groups excluding tert-OH is 2. The van der Waals surface area contributed by atoms with Gasteiger partial charge >= 0.3 is 0 Å². The maximum Gasteiger partial charge on any atom is 0.145 e. The van der Waals surface area contributed by atoms with Gasteiger partial charge in [0.1, 0.15) is 23.9 Å². The van der Waals surface area contributed by atoms with Crippen LogP contribution in [0.15, 0.2) is 48.9 Å². The Bertz CT molecular complexity index is 1360. The van der Waals surface area contributed by atoms with Gasteiger partial charge in [-0.2, -0.15) is 0 Å². The summed E-state index contributed by atoms with van der Waals surface area (Å²) in [5, 5.41) is 27.2. The van der Waals surface area contributed by atoms with Crippen LogP contribution in [0.5, 0.6) is 0 Å². The first-order chi connectivity index (χ1) is 17.6. The van der Waals surface area contributed by atoms with Crippen molar-refractivity contribution in [1.29, 1.82) is 0 Å². The molecule has 3 N–H and O–H groups in total. The summed E-state index contributed by atoms with van der Waals surface area (Å²) in [6.07, 6.45) is 9.39. The van der Waals surface area contributed by atoms with E-state index in [-0.39, 0.29) is 12.0 Å². The molecule has 36 heavy (non-hydrogen) atoms. The Labute approximate surface area is 211 Å². The van der Waals surface area contributed by atoms with Crippen LogP contribution in [0.3, 0.4) is 0 Å². The molecular formula is C29H35N5O2. The first-order valence-corrected chi connectivity index (χ1v) is 13.4. The molecular weight excluding hydrogens is 450 g/mol. The number of nitrogens with one attached hydrogen (secondary N) is 1. The number of aryl methyl sites for hydroxylation is 2. The summed E-state index contributed by atoms with van der Waals surface area (Å²) in [5.41, 5.74) is 4.26. The number of aliphatic hydroxyl groups is 2. The second kappa shape index (κ2) is 9.79. The Balaban J connectivity index is 1.15.